The molecule has 110 valence electrons. The average molecular weight is 280 g/mol. The lowest BCUT2D eigenvalue weighted by atomic mass is 10.1. The number of hydrogen-bond donors (Lipinski definition) is 3. The monoisotopic (exact) mass is 280 g/mol. The number of hydrogen-bond acceptors (Lipinski definition) is 5. The van der Waals surface area contributed by atoms with Gasteiger partial charge in [0.1, 0.15) is 0 Å². The molecule has 0 aliphatic heterocycles. The standard InChI is InChI=1S/C14H20N2O4/c17-8-6-16(7-9-18)11-14(20)15-13(19)10-12-4-2-1-3-5-12/h1-5,17-18H,6-11H2,(H,15,19,20). The highest BCUT2D eigenvalue weighted by atomic mass is 16.3. The van der Waals surface area contributed by atoms with Crippen LogP contribution in [0.25, 0.3) is 0 Å². The quantitative estimate of drug-likeness (QED) is 0.577. The molecule has 0 aliphatic rings. The number of aliphatic hydroxyl groups is 2. The van der Waals surface area contributed by atoms with Crippen molar-refractivity contribution in [3.63, 3.8) is 0 Å². The third-order valence-corrected chi connectivity index (χ3v) is 2.69. The molecule has 6 heteroatoms. The first-order chi connectivity index (χ1) is 9.65. The van der Waals surface area contributed by atoms with Crippen LogP contribution in [-0.2, 0) is 16.0 Å². The van der Waals surface area contributed by atoms with Gasteiger partial charge in [0.2, 0.25) is 11.8 Å². The van der Waals surface area contributed by atoms with Gasteiger partial charge in [-0.1, -0.05) is 30.3 Å². The molecule has 0 unspecified atom stereocenters. The first kappa shape index (κ1) is 16.3. The molecule has 0 spiro atoms. The van der Waals surface area contributed by atoms with E-state index in [1.807, 2.05) is 30.3 Å². The number of amides is 2. The zero-order valence-electron chi connectivity index (χ0n) is 11.3. The lowest BCUT2D eigenvalue weighted by Crippen LogP contribution is -2.42. The van der Waals surface area contributed by atoms with Crippen molar-refractivity contribution in [3.8, 4) is 0 Å². The molecule has 1 aromatic carbocycles. The van der Waals surface area contributed by atoms with Gasteiger partial charge in [0.05, 0.1) is 26.2 Å². The zero-order valence-corrected chi connectivity index (χ0v) is 11.3. The Morgan fingerprint density at radius 3 is 2.15 bits per heavy atom. The predicted octanol–water partition coefficient (Wildman–Crippen LogP) is -0.841. The molecule has 0 saturated carbocycles. The van der Waals surface area contributed by atoms with E-state index in [1.165, 1.54) is 0 Å². The maximum absolute atomic E-state index is 11.7. The average Bonchev–Trinajstić information content (AvgIpc) is 2.40. The Hall–Kier alpha value is -1.76. The molecular formula is C14H20N2O4. The number of nitrogens with zero attached hydrogens (tertiary/aromatic N) is 1. The van der Waals surface area contributed by atoms with Crippen molar-refractivity contribution in [2.24, 2.45) is 0 Å². The second-order valence-corrected chi connectivity index (χ2v) is 4.36. The van der Waals surface area contributed by atoms with Gasteiger partial charge in [-0.2, -0.15) is 0 Å². The molecule has 6 nitrogen and oxygen atoms in total. The SMILES string of the molecule is O=C(Cc1ccccc1)NC(=O)CN(CCO)CCO. The summed E-state index contributed by atoms with van der Waals surface area (Å²) in [7, 11) is 0. The van der Waals surface area contributed by atoms with Crippen LogP contribution in [0.2, 0.25) is 0 Å². The molecule has 0 atom stereocenters. The van der Waals surface area contributed by atoms with Crippen molar-refractivity contribution >= 4 is 11.8 Å². The highest BCUT2D eigenvalue weighted by Gasteiger charge is 2.12. The van der Waals surface area contributed by atoms with E-state index in [0.717, 1.165) is 5.56 Å². The molecule has 0 fully saturated rings. The van der Waals surface area contributed by atoms with Crippen LogP contribution in [0.5, 0.6) is 0 Å². The maximum atomic E-state index is 11.7. The van der Waals surface area contributed by atoms with Gasteiger partial charge in [0.15, 0.2) is 0 Å². The minimum Gasteiger partial charge on any atom is -0.395 e. The van der Waals surface area contributed by atoms with E-state index >= 15 is 0 Å². The lowest BCUT2D eigenvalue weighted by molar-refractivity contribution is -0.130. The van der Waals surface area contributed by atoms with Crippen LogP contribution < -0.4 is 5.32 Å². The minimum atomic E-state index is -0.437. The first-order valence-corrected chi connectivity index (χ1v) is 6.46. The van der Waals surface area contributed by atoms with Gasteiger partial charge in [-0.3, -0.25) is 19.8 Å². The fraction of sp³-hybridized carbons (Fsp3) is 0.429. The van der Waals surface area contributed by atoms with Crippen LogP contribution in [0.3, 0.4) is 0 Å². The summed E-state index contributed by atoms with van der Waals surface area (Å²) in [5.74, 6) is -0.804. The summed E-state index contributed by atoms with van der Waals surface area (Å²) in [4.78, 5) is 24.9. The van der Waals surface area contributed by atoms with E-state index in [-0.39, 0.29) is 45.2 Å². The molecule has 0 aliphatic carbocycles. The Balaban J connectivity index is 2.39. The zero-order chi connectivity index (χ0) is 14.8. The smallest absolute Gasteiger partial charge is 0.240 e. The van der Waals surface area contributed by atoms with Crippen LogP contribution >= 0.6 is 0 Å². The normalized spacial score (nSPS) is 10.6. The summed E-state index contributed by atoms with van der Waals surface area (Å²) < 4.78 is 0. The molecule has 20 heavy (non-hydrogen) atoms. The van der Waals surface area contributed by atoms with Crippen LogP contribution in [0, 0.1) is 0 Å². The van der Waals surface area contributed by atoms with Crippen molar-refractivity contribution in [3.05, 3.63) is 35.9 Å². The van der Waals surface area contributed by atoms with Crippen molar-refractivity contribution in [2.75, 3.05) is 32.8 Å². The summed E-state index contributed by atoms with van der Waals surface area (Å²) in [5, 5.41) is 20.0. The predicted molar refractivity (Wildman–Crippen MR) is 73.9 cm³/mol. The minimum absolute atomic E-state index is 0.0261. The maximum Gasteiger partial charge on any atom is 0.240 e. The topological polar surface area (TPSA) is 89.9 Å². The molecule has 1 aromatic rings. The van der Waals surface area contributed by atoms with Gasteiger partial charge in [0, 0.05) is 13.1 Å². The first-order valence-electron chi connectivity index (χ1n) is 6.46. The third-order valence-electron chi connectivity index (χ3n) is 2.69. The van der Waals surface area contributed by atoms with Crippen molar-refractivity contribution in [2.45, 2.75) is 6.42 Å². The number of aliphatic hydroxyl groups excluding tert-OH is 2. The van der Waals surface area contributed by atoms with Gasteiger partial charge in [-0.15, -0.1) is 0 Å². The van der Waals surface area contributed by atoms with Crippen LogP contribution in [0.1, 0.15) is 5.56 Å². The number of carbonyl (C=O) groups excluding carboxylic acids is 2. The Morgan fingerprint density at radius 2 is 1.60 bits per heavy atom. The van der Waals surface area contributed by atoms with Crippen molar-refractivity contribution < 1.29 is 19.8 Å². The number of benzene rings is 1. The molecule has 1 rings (SSSR count). The van der Waals surface area contributed by atoms with Gasteiger partial charge in [-0.25, -0.2) is 0 Å². The van der Waals surface area contributed by atoms with E-state index in [2.05, 4.69) is 5.32 Å². The summed E-state index contributed by atoms with van der Waals surface area (Å²) in [6, 6.07) is 9.14. The molecular weight excluding hydrogens is 260 g/mol. The van der Waals surface area contributed by atoms with Crippen molar-refractivity contribution in [1.29, 1.82) is 0 Å². The number of rotatable bonds is 8. The molecule has 2 amide bonds. The highest BCUT2D eigenvalue weighted by Crippen LogP contribution is 1.99. The molecule has 0 radical (unpaired) electrons. The van der Waals surface area contributed by atoms with Crippen molar-refractivity contribution in [1.82, 2.24) is 10.2 Å². The Kier molecular flexibility index (Phi) is 7.49. The Bertz CT molecular complexity index is 416. The Labute approximate surface area is 118 Å². The molecule has 0 aromatic heterocycles. The summed E-state index contributed by atoms with van der Waals surface area (Å²) >= 11 is 0. The highest BCUT2D eigenvalue weighted by molar-refractivity contribution is 5.96. The Morgan fingerprint density at radius 1 is 1.00 bits per heavy atom. The number of imide groups is 1. The molecule has 0 bridgehead atoms. The van der Waals surface area contributed by atoms with Gasteiger partial charge >= 0.3 is 0 Å². The second-order valence-electron chi connectivity index (χ2n) is 4.36. The third kappa shape index (κ3) is 6.42. The molecule has 0 heterocycles. The van der Waals surface area contributed by atoms with E-state index < -0.39 is 5.91 Å². The largest absolute Gasteiger partial charge is 0.395 e. The van der Waals surface area contributed by atoms with E-state index in [0.29, 0.717) is 0 Å². The summed E-state index contributed by atoms with van der Waals surface area (Å²) in [6.45, 7) is 0.319. The summed E-state index contributed by atoms with van der Waals surface area (Å²) in [5.41, 5.74) is 0.834. The van der Waals surface area contributed by atoms with Crippen LogP contribution in [0.15, 0.2) is 30.3 Å². The molecule has 0 saturated heterocycles. The van der Waals surface area contributed by atoms with Crippen LogP contribution in [0.4, 0.5) is 0 Å². The second kappa shape index (κ2) is 9.19. The fourth-order valence-corrected chi connectivity index (χ4v) is 1.78. The van der Waals surface area contributed by atoms with E-state index in [4.69, 9.17) is 10.2 Å². The van der Waals surface area contributed by atoms with Gasteiger partial charge < -0.3 is 10.2 Å². The van der Waals surface area contributed by atoms with E-state index in [1.54, 1.807) is 4.90 Å². The fourth-order valence-electron chi connectivity index (χ4n) is 1.78. The lowest BCUT2D eigenvalue weighted by Gasteiger charge is -2.18. The summed E-state index contributed by atoms with van der Waals surface area (Å²) in [6.07, 6.45) is 0.145. The number of nitrogens with one attached hydrogen (secondary N) is 1. The van der Waals surface area contributed by atoms with Gasteiger partial charge in [0.25, 0.3) is 0 Å². The molecule has 3 N–H and O–H groups in total. The van der Waals surface area contributed by atoms with Gasteiger partial charge in [-0.05, 0) is 5.56 Å². The van der Waals surface area contributed by atoms with Crippen LogP contribution in [-0.4, -0.2) is 59.8 Å². The van der Waals surface area contributed by atoms with E-state index in [9.17, 15) is 9.59 Å². The number of carbonyl (C=O) groups is 2.